The molecule has 1 aliphatic carbocycles. The highest BCUT2D eigenvalue weighted by Crippen LogP contribution is 2.35. The van der Waals surface area contributed by atoms with Crippen LogP contribution in [0.4, 0.5) is 0 Å². The minimum absolute atomic E-state index is 0.421. The first-order valence-corrected chi connectivity index (χ1v) is 12.5. The van der Waals surface area contributed by atoms with Gasteiger partial charge < -0.3 is 15.3 Å². The molecule has 174 valence electrons. The quantitative estimate of drug-likeness (QED) is 0.190. The molecule has 0 amide bonds. The first-order chi connectivity index (χ1) is 14.5. The fourth-order valence-corrected chi connectivity index (χ4v) is 4.60. The van der Waals surface area contributed by atoms with Gasteiger partial charge in [-0.15, -0.1) is 6.58 Å². The smallest absolute Gasteiger partial charge is 0.131 e. The lowest BCUT2D eigenvalue weighted by atomic mass is 9.90. The van der Waals surface area contributed by atoms with Crippen molar-refractivity contribution in [2.75, 3.05) is 6.61 Å². The lowest BCUT2D eigenvalue weighted by Crippen LogP contribution is -2.43. The molecule has 3 heteroatoms. The van der Waals surface area contributed by atoms with Gasteiger partial charge in [-0.1, -0.05) is 89.2 Å². The van der Waals surface area contributed by atoms with Gasteiger partial charge in [-0.3, -0.25) is 0 Å². The van der Waals surface area contributed by atoms with E-state index in [2.05, 4.69) is 44.7 Å². The normalized spacial score (nSPS) is 23.8. The average molecular weight is 421 g/mol. The maximum atomic E-state index is 10.0. The minimum Gasteiger partial charge on any atom is -0.393 e. The third-order valence-corrected chi connectivity index (χ3v) is 7.01. The zero-order valence-electron chi connectivity index (χ0n) is 19.6. The summed E-state index contributed by atoms with van der Waals surface area (Å²) in [4.78, 5) is 0. The van der Waals surface area contributed by atoms with Gasteiger partial charge in [-0.25, -0.2) is 0 Å². The molecule has 5 atom stereocenters. The largest absolute Gasteiger partial charge is 0.393 e. The van der Waals surface area contributed by atoms with Crippen LogP contribution in [0.2, 0.25) is 0 Å². The Morgan fingerprint density at radius 2 is 1.87 bits per heavy atom. The van der Waals surface area contributed by atoms with Crippen LogP contribution in [-0.2, 0) is 0 Å². The van der Waals surface area contributed by atoms with Crippen molar-refractivity contribution in [1.29, 1.82) is 0 Å². The average Bonchev–Trinajstić information content (AvgIpc) is 3.21. The molecule has 0 aromatic rings. The Labute approximate surface area is 186 Å². The maximum Gasteiger partial charge on any atom is 0.131 e. The first kappa shape index (κ1) is 27.1. The fourth-order valence-electron chi connectivity index (χ4n) is 4.60. The lowest BCUT2D eigenvalue weighted by molar-refractivity contribution is -0.0731. The Morgan fingerprint density at radius 3 is 2.53 bits per heavy atom. The number of unbranched alkanes of at least 4 members (excludes halogenated alkanes) is 3. The Hall–Kier alpha value is -0.900. The fraction of sp³-hybridized carbons (Fsp3) is 0.778. The Morgan fingerprint density at radius 1 is 1.07 bits per heavy atom. The topological polar surface area (TPSA) is 60.7 Å². The molecular weight excluding hydrogens is 372 g/mol. The Balaban J connectivity index is 2.33. The van der Waals surface area contributed by atoms with Crippen LogP contribution in [0.3, 0.4) is 0 Å². The van der Waals surface area contributed by atoms with Crippen LogP contribution in [0, 0.1) is 17.8 Å². The predicted octanol–water partition coefficient (Wildman–Crippen LogP) is 6.34. The van der Waals surface area contributed by atoms with Crippen LogP contribution in [0.15, 0.2) is 37.0 Å². The number of hydrogen-bond donors (Lipinski definition) is 3. The molecule has 1 fully saturated rings. The summed E-state index contributed by atoms with van der Waals surface area (Å²) < 4.78 is 0. The highest BCUT2D eigenvalue weighted by molar-refractivity contribution is 5.02. The van der Waals surface area contributed by atoms with E-state index < -0.39 is 18.3 Å². The van der Waals surface area contributed by atoms with Gasteiger partial charge in [0.1, 0.15) is 5.60 Å². The van der Waals surface area contributed by atoms with E-state index in [4.69, 9.17) is 0 Å². The maximum absolute atomic E-state index is 10.0. The molecule has 3 N–H and O–H groups in total. The summed E-state index contributed by atoms with van der Waals surface area (Å²) >= 11 is 0. The predicted molar refractivity (Wildman–Crippen MR) is 128 cm³/mol. The van der Waals surface area contributed by atoms with E-state index in [1.54, 1.807) is 0 Å². The first-order valence-electron chi connectivity index (χ1n) is 12.5. The summed E-state index contributed by atoms with van der Waals surface area (Å²) in [5, 5.41) is 29.3. The second kappa shape index (κ2) is 15.8. The van der Waals surface area contributed by atoms with Gasteiger partial charge in [0, 0.05) is 0 Å². The van der Waals surface area contributed by atoms with Crippen LogP contribution in [-0.4, -0.2) is 33.6 Å². The van der Waals surface area contributed by atoms with Crippen LogP contribution >= 0.6 is 0 Å². The van der Waals surface area contributed by atoms with E-state index in [0.717, 1.165) is 18.3 Å². The van der Waals surface area contributed by atoms with Gasteiger partial charge in [-0.05, 0) is 56.3 Å². The van der Waals surface area contributed by atoms with E-state index in [0.29, 0.717) is 18.8 Å². The molecule has 1 rings (SSSR count). The van der Waals surface area contributed by atoms with Crippen molar-refractivity contribution < 1.29 is 15.3 Å². The summed E-state index contributed by atoms with van der Waals surface area (Å²) in [5.41, 5.74) is -1.60. The molecule has 0 aromatic heterocycles. The molecule has 0 saturated heterocycles. The van der Waals surface area contributed by atoms with Crippen LogP contribution < -0.4 is 0 Å². The van der Waals surface area contributed by atoms with E-state index in [-0.39, 0.29) is 0 Å². The van der Waals surface area contributed by atoms with E-state index >= 15 is 0 Å². The standard InChI is InChI=1S/C27H48O3/c1-4-7-8-10-15-23(5-2)16-13-18-25-20-14-19-24(25)17-11-9-12-21-26(29)27(30,6-3)22-28/h6,9,11,13,18,23-26,28-30H,3-5,7-8,10,12,14-17,19-22H2,1-2H3/b11-9-,18-13+/t23-,24-,25-,26?,27?/m0/s1. The van der Waals surface area contributed by atoms with Crippen molar-refractivity contribution in [2.45, 2.75) is 109 Å². The third kappa shape index (κ3) is 9.94. The van der Waals surface area contributed by atoms with Crippen molar-refractivity contribution in [1.82, 2.24) is 0 Å². The van der Waals surface area contributed by atoms with Gasteiger partial charge in [0.25, 0.3) is 0 Å². The van der Waals surface area contributed by atoms with Gasteiger partial charge in [0.2, 0.25) is 0 Å². The molecule has 1 aliphatic rings. The summed E-state index contributed by atoms with van der Waals surface area (Å²) in [5.74, 6) is 2.28. The van der Waals surface area contributed by atoms with Gasteiger partial charge in [-0.2, -0.15) is 0 Å². The van der Waals surface area contributed by atoms with Crippen LogP contribution in [0.1, 0.15) is 97.3 Å². The zero-order valence-corrected chi connectivity index (χ0v) is 19.6. The molecule has 0 spiro atoms. The molecule has 0 heterocycles. The Kier molecular flexibility index (Phi) is 14.3. The van der Waals surface area contributed by atoms with Gasteiger partial charge in [0.15, 0.2) is 0 Å². The van der Waals surface area contributed by atoms with E-state index in [1.807, 2.05) is 0 Å². The van der Waals surface area contributed by atoms with Crippen molar-refractivity contribution in [3.05, 3.63) is 37.0 Å². The third-order valence-electron chi connectivity index (χ3n) is 7.01. The SMILES string of the molecule is C=CC(O)(CO)C(O)CC/C=C\C[C@H]1CCC[C@@H]1/C=C/C[C@@H](CC)CCCCCC. The molecule has 1 saturated carbocycles. The van der Waals surface area contributed by atoms with E-state index in [1.165, 1.54) is 70.3 Å². The molecule has 0 bridgehead atoms. The molecular formula is C27H48O3. The molecule has 2 unspecified atom stereocenters. The minimum atomic E-state index is -1.60. The van der Waals surface area contributed by atoms with Crippen molar-refractivity contribution in [2.24, 2.45) is 17.8 Å². The van der Waals surface area contributed by atoms with Crippen LogP contribution in [0.25, 0.3) is 0 Å². The summed E-state index contributed by atoms with van der Waals surface area (Å²) in [6.07, 6.45) is 25.0. The summed E-state index contributed by atoms with van der Waals surface area (Å²) in [6, 6.07) is 0. The highest BCUT2D eigenvalue weighted by Gasteiger charge is 2.30. The lowest BCUT2D eigenvalue weighted by Gasteiger charge is -2.27. The second-order valence-electron chi connectivity index (χ2n) is 9.30. The summed E-state index contributed by atoms with van der Waals surface area (Å²) in [7, 11) is 0. The van der Waals surface area contributed by atoms with Gasteiger partial charge >= 0.3 is 0 Å². The summed E-state index contributed by atoms with van der Waals surface area (Å²) in [6.45, 7) is 7.60. The highest BCUT2D eigenvalue weighted by atomic mass is 16.4. The second-order valence-corrected chi connectivity index (χ2v) is 9.30. The number of aliphatic hydroxyl groups excluding tert-OH is 2. The monoisotopic (exact) mass is 420 g/mol. The van der Waals surface area contributed by atoms with E-state index in [9.17, 15) is 15.3 Å². The number of rotatable bonds is 17. The molecule has 3 nitrogen and oxygen atoms in total. The number of hydrogen-bond acceptors (Lipinski definition) is 3. The molecule has 30 heavy (non-hydrogen) atoms. The zero-order chi connectivity index (χ0) is 22.2. The Bertz CT molecular complexity index is 498. The number of aliphatic hydroxyl groups is 3. The van der Waals surface area contributed by atoms with Crippen molar-refractivity contribution in [3.8, 4) is 0 Å². The molecule has 0 aromatic carbocycles. The molecule has 0 radical (unpaired) electrons. The molecule has 0 aliphatic heterocycles. The van der Waals surface area contributed by atoms with Gasteiger partial charge in [0.05, 0.1) is 12.7 Å². The number of allylic oxidation sites excluding steroid dienone is 4. The van der Waals surface area contributed by atoms with Crippen molar-refractivity contribution in [3.63, 3.8) is 0 Å². The van der Waals surface area contributed by atoms with Crippen molar-refractivity contribution >= 4 is 0 Å². The van der Waals surface area contributed by atoms with Crippen LogP contribution in [0.5, 0.6) is 0 Å².